The first kappa shape index (κ1) is 14.2. The van der Waals surface area contributed by atoms with E-state index in [4.69, 9.17) is 14.9 Å². The average molecular weight is 230 g/mol. The summed E-state index contributed by atoms with van der Waals surface area (Å²) in [6.07, 6.45) is -0.911. The van der Waals surface area contributed by atoms with Gasteiger partial charge in [0.15, 0.2) is 0 Å². The number of rotatable bonds is 6. The lowest BCUT2D eigenvalue weighted by molar-refractivity contribution is -0.180. The summed E-state index contributed by atoms with van der Waals surface area (Å²) in [5.41, 5.74) is -2.01. The van der Waals surface area contributed by atoms with Crippen molar-refractivity contribution in [1.82, 2.24) is 0 Å². The quantitative estimate of drug-likeness (QED) is 0.517. The van der Waals surface area contributed by atoms with Crippen molar-refractivity contribution in [2.75, 3.05) is 0 Å². The standard InChI is InChI=1S/C10H14O6/c1-4-10(9(14)15,5-7(11)12)16-8(13)6(2)3/h2,4-5H2,1,3H3,(H,11,12)(H,14,15). The van der Waals surface area contributed by atoms with Crippen LogP contribution in [0.2, 0.25) is 0 Å². The second-order valence-corrected chi connectivity index (χ2v) is 3.39. The summed E-state index contributed by atoms with van der Waals surface area (Å²) in [7, 11) is 0. The predicted octanol–water partition coefficient (Wildman–Crippen LogP) is 0.814. The molecule has 0 bridgehead atoms. The van der Waals surface area contributed by atoms with Gasteiger partial charge in [0.05, 0.1) is 6.42 Å². The third-order valence-corrected chi connectivity index (χ3v) is 2.03. The summed E-state index contributed by atoms with van der Waals surface area (Å²) in [5.74, 6) is -3.74. The molecular weight excluding hydrogens is 216 g/mol. The maximum Gasteiger partial charge on any atom is 0.348 e. The second kappa shape index (κ2) is 5.29. The van der Waals surface area contributed by atoms with E-state index in [-0.39, 0.29) is 12.0 Å². The Balaban J connectivity index is 5.05. The van der Waals surface area contributed by atoms with Gasteiger partial charge in [0.25, 0.3) is 0 Å². The highest BCUT2D eigenvalue weighted by Gasteiger charge is 2.43. The molecular formula is C10H14O6. The third kappa shape index (κ3) is 3.38. The Morgan fingerprint density at radius 1 is 1.31 bits per heavy atom. The Labute approximate surface area is 92.5 Å². The first-order valence-corrected chi connectivity index (χ1v) is 4.59. The summed E-state index contributed by atoms with van der Waals surface area (Å²) in [5, 5.41) is 17.5. The van der Waals surface area contributed by atoms with Gasteiger partial charge in [-0.25, -0.2) is 9.59 Å². The Morgan fingerprint density at radius 3 is 2.06 bits per heavy atom. The Morgan fingerprint density at radius 2 is 1.81 bits per heavy atom. The summed E-state index contributed by atoms with van der Waals surface area (Å²) in [6, 6.07) is 0. The van der Waals surface area contributed by atoms with Gasteiger partial charge in [0.2, 0.25) is 5.60 Å². The molecule has 0 fully saturated rings. The van der Waals surface area contributed by atoms with Gasteiger partial charge in [0.1, 0.15) is 0 Å². The molecule has 0 aliphatic heterocycles. The molecule has 1 atom stereocenters. The zero-order chi connectivity index (χ0) is 12.9. The number of ether oxygens (including phenoxy) is 1. The summed E-state index contributed by atoms with van der Waals surface area (Å²) < 4.78 is 4.70. The highest BCUT2D eigenvalue weighted by Crippen LogP contribution is 2.22. The maximum atomic E-state index is 11.2. The fourth-order valence-corrected chi connectivity index (χ4v) is 1.01. The first-order valence-electron chi connectivity index (χ1n) is 4.59. The van der Waals surface area contributed by atoms with E-state index in [1.54, 1.807) is 0 Å². The number of carboxylic acid groups (broad SMARTS) is 2. The van der Waals surface area contributed by atoms with Crippen LogP contribution in [0.3, 0.4) is 0 Å². The molecule has 2 N–H and O–H groups in total. The molecule has 0 radical (unpaired) electrons. The Bertz CT molecular complexity index is 332. The lowest BCUT2D eigenvalue weighted by atomic mass is 9.96. The van der Waals surface area contributed by atoms with E-state index in [9.17, 15) is 14.4 Å². The van der Waals surface area contributed by atoms with Crippen LogP contribution < -0.4 is 0 Å². The molecule has 6 heteroatoms. The molecule has 0 aromatic rings. The number of aliphatic carboxylic acids is 2. The van der Waals surface area contributed by atoms with Gasteiger partial charge in [-0.3, -0.25) is 4.79 Å². The summed E-state index contributed by atoms with van der Waals surface area (Å²) in [4.78, 5) is 32.8. The molecule has 16 heavy (non-hydrogen) atoms. The van der Waals surface area contributed by atoms with Crippen molar-refractivity contribution in [3.05, 3.63) is 12.2 Å². The van der Waals surface area contributed by atoms with Crippen LogP contribution in [0.1, 0.15) is 26.7 Å². The third-order valence-electron chi connectivity index (χ3n) is 2.03. The molecule has 0 rings (SSSR count). The first-order chi connectivity index (χ1) is 7.25. The molecule has 0 saturated carbocycles. The van der Waals surface area contributed by atoms with Crippen molar-refractivity contribution in [2.24, 2.45) is 0 Å². The van der Waals surface area contributed by atoms with Crippen LogP contribution in [0.5, 0.6) is 0 Å². The van der Waals surface area contributed by atoms with Crippen molar-refractivity contribution in [3.63, 3.8) is 0 Å². The number of esters is 1. The maximum absolute atomic E-state index is 11.2. The SMILES string of the molecule is C=C(C)C(=O)OC(CC)(CC(=O)O)C(=O)O. The second-order valence-electron chi connectivity index (χ2n) is 3.39. The van der Waals surface area contributed by atoms with Crippen molar-refractivity contribution in [1.29, 1.82) is 0 Å². The monoisotopic (exact) mass is 230 g/mol. The van der Waals surface area contributed by atoms with E-state index in [1.165, 1.54) is 13.8 Å². The van der Waals surface area contributed by atoms with Crippen molar-refractivity contribution in [2.45, 2.75) is 32.3 Å². The minimum atomic E-state index is -2.03. The molecule has 0 saturated heterocycles. The van der Waals surface area contributed by atoms with Crippen LogP contribution in [0.4, 0.5) is 0 Å². The van der Waals surface area contributed by atoms with E-state index in [1.807, 2.05) is 0 Å². The number of hydrogen-bond acceptors (Lipinski definition) is 4. The average Bonchev–Trinajstić information content (AvgIpc) is 2.15. The molecule has 6 nitrogen and oxygen atoms in total. The lowest BCUT2D eigenvalue weighted by Gasteiger charge is -2.26. The van der Waals surface area contributed by atoms with Crippen LogP contribution in [0.15, 0.2) is 12.2 Å². The predicted molar refractivity (Wildman–Crippen MR) is 53.8 cm³/mol. The normalized spacial score (nSPS) is 13.6. The zero-order valence-electron chi connectivity index (χ0n) is 9.15. The summed E-state index contributed by atoms with van der Waals surface area (Å²) in [6.45, 7) is 6.08. The van der Waals surface area contributed by atoms with E-state index in [0.29, 0.717) is 0 Å². The van der Waals surface area contributed by atoms with Gasteiger partial charge in [-0.1, -0.05) is 13.5 Å². The number of carbonyl (C=O) groups excluding carboxylic acids is 1. The topological polar surface area (TPSA) is 101 Å². The zero-order valence-corrected chi connectivity index (χ0v) is 9.15. The van der Waals surface area contributed by atoms with Gasteiger partial charge in [-0.2, -0.15) is 0 Å². The van der Waals surface area contributed by atoms with E-state index in [0.717, 1.165) is 0 Å². The molecule has 1 unspecified atom stereocenters. The molecule has 0 aliphatic carbocycles. The van der Waals surface area contributed by atoms with Crippen LogP contribution in [-0.4, -0.2) is 33.7 Å². The molecule has 90 valence electrons. The Kier molecular flexibility index (Phi) is 4.68. The largest absolute Gasteiger partial charge is 0.481 e. The van der Waals surface area contributed by atoms with Crippen LogP contribution >= 0.6 is 0 Å². The fraction of sp³-hybridized carbons (Fsp3) is 0.500. The number of hydrogen-bond donors (Lipinski definition) is 2. The number of carbonyl (C=O) groups is 3. The van der Waals surface area contributed by atoms with Crippen LogP contribution in [-0.2, 0) is 19.1 Å². The van der Waals surface area contributed by atoms with Gasteiger partial charge in [-0.15, -0.1) is 0 Å². The van der Waals surface area contributed by atoms with E-state index >= 15 is 0 Å². The van der Waals surface area contributed by atoms with Gasteiger partial charge < -0.3 is 14.9 Å². The highest BCUT2D eigenvalue weighted by atomic mass is 16.6. The van der Waals surface area contributed by atoms with Gasteiger partial charge in [-0.05, 0) is 13.3 Å². The molecule has 0 amide bonds. The van der Waals surface area contributed by atoms with Crippen molar-refractivity contribution >= 4 is 17.9 Å². The molecule has 0 aromatic carbocycles. The number of carboxylic acids is 2. The Hall–Kier alpha value is -1.85. The smallest absolute Gasteiger partial charge is 0.348 e. The van der Waals surface area contributed by atoms with Crippen LogP contribution in [0.25, 0.3) is 0 Å². The molecule has 0 aliphatic rings. The minimum absolute atomic E-state index is 0.0180. The summed E-state index contributed by atoms with van der Waals surface area (Å²) >= 11 is 0. The minimum Gasteiger partial charge on any atom is -0.481 e. The lowest BCUT2D eigenvalue weighted by Crippen LogP contribution is -2.44. The highest BCUT2D eigenvalue weighted by molar-refractivity contribution is 5.92. The van der Waals surface area contributed by atoms with Gasteiger partial charge >= 0.3 is 17.9 Å². The van der Waals surface area contributed by atoms with Crippen molar-refractivity contribution < 1.29 is 29.3 Å². The molecule has 0 spiro atoms. The van der Waals surface area contributed by atoms with Gasteiger partial charge in [0, 0.05) is 5.57 Å². The van der Waals surface area contributed by atoms with Crippen molar-refractivity contribution in [3.8, 4) is 0 Å². The van der Waals surface area contributed by atoms with E-state index in [2.05, 4.69) is 6.58 Å². The van der Waals surface area contributed by atoms with E-state index < -0.39 is 29.9 Å². The van der Waals surface area contributed by atoms with Crippen LogP contribution in [0, 0.1) is 0 Å². The molecule has 0 heterocycles. The fourth-order valence-electron chi connectivity index (χ4n) is 1.01. The molecule has 0 aromatic heterocycles.